The quantitative estimate of drug-likeness (QED) is 0.582. The summed E-state index contributed by atoms with van der Waals surface area (Å²) in [6.45, 7) is 1.92. The average Bonchev–Trinajstić information content (AvgIpc) is 2.54. The van der Waals surface area contributed by atoms with Crippen molar-refractivity contribution >= 4 is 5.57 Å². The SMILES string of the molecule is CC1=CCc2c1n(C)c(=O)n(C)c2=O. The highest BCUT2D eigenvalue weighted by molar-refractivity contribution is 5.68. The highest BCUT2D eigenvalue weighted by atomic mass is 16.2. The second kappa shape index (κ2) is 2.70. The molecule has 1 aliphatic rings. The molecule has 0 amide bonds. The minimum absolute atomic E-state index is 0.170. The van der Waals surface area contributed by atoms with Gasteiger partial charge in [-0.15, -0.1) is 0 Å². The summed E-state index contributed by atoms with van der Waals surface area (Å²) in [5.74, 6) is 0. The molecule has 0 unspecified atom stereocenters. The molecule has 1 aromatic rings. The molecule has 0 radical (unpaired) electrons. The van der Waals surface area contributed by atoms with Gasteiger partial charge in [-0.1, -0.05) is 6.08 Å². The Hall–Kier alpha value is -1.58. The molecule has 0 atom stereocenters. The van der Waals surface area contributed by atoms with E-state index in [0.29, 0.717) is 6.42 Å². The van der Waals surface area contributed by atoms with E-state index in [1.54, 1.807) is 7.05 Å². The van der Waals surface area contributed by atoms with Crippen LogP contribution < -0.4 is 11.2 Å². The molecule has 0 N–H and O–H groups in total. The second-order valence-electron chi connectivity index (χ2n) is 3.62. The summed E-state index contributed by atoms with van der Waals surface area (Å²) in [4.78, 5) is 23.3. The predicted octanol–water partition coefficient (Wildman–Crippen LogP) is 0.0434. The summed E-state index contributed by atoms with van der Waals surface area (Å²) >= 11 is 0. The van der Waals surface area contributed by atoms with Gasteiger partial charge in [0.15, 0.2) is 0 Å². The summed E-state index contributed by atoms with van der Waals surface area (Å²) in [6.07, 6.45) is 2.62. The van der Waals surface area contributed by atoms with Crippen LogP contribution in [-0.2, 0) is 20.5 Å². The van der Waals surface area contributed by atoms with E-state index in [9.17, 15) is 9.59 Å². The van der Waals surface area contributed by atoms with Crippen molar-refractivity contribution in [1.29, 1.82) is 0 Å². The van der Waals surface area contributed by atoms with Crippen LogP contribution in [0.4, 0.5) is 0 Å². The fourth-order valence-corrected chi connectivity index (χ4v) is 1.95. The lowest BCUT2D eigenvalue weighted by Gasteiger charge is -2.09. The lowest BCUT2D eigenvalue weighted by Crippen LogP contribution is -2.39. The maximum absolute atomic E-state index is 11.7. The number of hydrogen-bond donors (Lipinski definition) is 0. The van der Waals surface area contributed by atoms with Crippen molar-refractivity contribution in [2.45, 2.75) is 13.3 Å². The molecule has 1 aliphatic carbocycles. The summed E-state index contributed by atoms with van der Waals surface area (Å²) in [5, 5.41) is 0. The van der Waals surface area contributed by atoms with E-state index < -0.39 is 0 Å². The van der Waals surface area contributed by atoms with Crippen molar-refractivity contribution in [3.05, 3.63) is 38.2 Å². The molecule has 4 nitrogen and oxygen atoms in total. The third kappa shape index (κ3) is 0.937. The van der Waals surface area contributed by atoms with Crippen LogP contribution in [0.15, 0.2) is 15.7 Å². The van der Waals surface area contributed by atoms with Gasteiger partial charge in [-0.3, -0.25) is 13.9 Å². The van der Waals surface area contributed by atoms with E-state index >= 15 is 0 Å². The number of nitrogens with zero attached hydrogens (tertiary/aromatic N) is 2. The third-order valence-electron chi connectivity index (χ3n) is 2.74. The third-order valence-corrected chi connectivity index (χ3v) is 2.74. The molecule has 14 heavy (non-hydrogen) atoms. The van der Waals surface area contributed by atoms with Crippen LogP contribution in [0.25, 0.3) is 5.57 Å². The summed E-state index contributed by atoms with van der Waals surface area (Å²) < 4.78 is 2.70. The number of allylic oxidation sites excluding steroid dienone is 2. The van der Waals surface area contributed by atoms with Gasteiger partial charge in [-0.05, 0) is 18.9 Å². The number of fused-ring (bicyclic) bond motifs is 1. The zero-order chi connectivity index (χ0) is 10.5. The minimum atomic E-state index is -0.261. The Morgan fingerprint density at radius 1 is 1.21 bits per heavy atom. The molecule has 0 fully saturated rings. The van der Waals surface area contributed by atoms with Crippen molar-refractivity contribution < 1.29 is 0 Å². The molecule has 2 rings (SSSR count). The highest BCUT2D eigenvalue weighted by Gasteiger charge is 2.19. The Balaban J connectivity index is 2.98. The fourth-order valence-electron chi connectivity index (χ4n) is 1.95. The molecular weight excluding hydrogens is 180 g/mol. The zero-order valence-corrected chi connectivity index (χ0v) is 8.50. The molecule has 0 saturated carbocycles. The van der Waals surface area contributed by atoms with Gasteiger partial charge in [-0.25, -0.2) is 4.79 Å². The Labute approximate surface area is 81.1 Å². The van der Waals surface area contributed by atoms with E-state index in [1.165, 1.54) is 11.6 Å². The Kier molecular flexibility index (Phi) is 1.74. The molecule has 0 aromatic carbocycles. The van der Waals surface area contributed by atoms with Crippen molar-refractivity contribution in [3.8, 4) is 0 Å². The number of aromatic nitrogens is 2. The van der Waals surface area contributed by atoms with Gasteiger partial charge in [0, 0.05) is 19.7 Å². The molecule has 0 spiro atoms. The lowest BCUT2D eigenvalue weighted by atomic mass is 10.2. The first-order valence-corrected chi connectivity index (χ1v) is 4.50. The van der Waals surface area contributed by atoms with Crippen molar-refractivity contribution in [3.63, 3.8) is 0 Å². The Morgan fingerprint density at radius 3 is 2.50 bits per heavy atom. The first-order chi connectivity index (χ1) is 6.54. The van der Waals surface area contributed by atoms with Crippen molar-refractivity contribution in [2.24, 2.45) is 14.1 Å². The van der Waals surface area contributed by atoms with Crippen molar-refractivity contribution in [1.82, 2.24) is 9.13 Å². The van der Waals surface area contributed by atoms with E-state index in [0.717, 1.165) is 21.4 Å². The minimum Gasteiger partial charge on any atom is -0.296 e. The van der Waals surface area contributed by atoms with E-state index in [2.05, 4.69) is 0 Å². The highest BCUT2D eigenvalue weighted by Crippen LogP contribution is 2.21. The van der Waals surface area contributed by atoms with Gasteiger partial charge in [-0.2, -0.15) is 0 Å². The van der Waals surface area contributed by atoms with Crippen molar-refractivity contribution in [2.75, 3.05) is 0 Å². The Morgan fingerprint density at radius 2 is 1.86 bits per heavy atom. The molecule has 74 valence electrons. The van der Waals surface area contributed by atoms with Gasteiger partial charge in [0.25, 0.3) is 5.56 Å². The Bertz CT molecular complexity index is 546. The molecule has 0 bridgehead atoms. The van der Waals surface area contributed by atoms with Gasteiger partial charge in [0.1, 0.15) is 0 Å². The van der Waals surface area contributed by atoms with Crippen LogP contribution in [-0.4, -0.2) is 9.13 Å². The van der Waals surface area contributed by atoms with Gasteiger partial charge < -0.3 is 0 Å². The summed E-state index contributed by atoms with van der Waals surface area (Å²) in [6, 6.07) is 0. The van der Waals surface area contributed by atoms with Gasteiger partial charge in [0.2, 0.25) is 0 Å². The average molecular weight is 192 g/mol. The van der Waals surface area contributed by atoms with Crippen LogP contribution >= 0.6 is 0 Å². The standard InChI is InChI=1S/C10H12N2O2/c1-6-4-5-7-8(6)11(2)10(14)12(3)9(7)13/h4H,5H2,1-3H3. The summed E-state index contributed by atoms with van der Waals surface area (Å²) in [5.41, 5.74) is 2.10. The molecule has 1 heterocycles. The zero-order valence-electron chi connectivity index (χ0n) is 8.50. The van der Waals surface area contributed by atoms with E-state index in [4.69, 9.17) is 0 Å². The maximum Gasteiger partial charge on any atom is 0.330 e. The smallest absolute Gasteiger partial charge is 0.296 e. The van der Waals surface area contributed by atoms with Crippen LogP contribution in [0, 0.1) is 0 Å². The van der Waals surface area contributed by atoms with Crippen LogP contribution in [0.5, 0.6) is 0 Å². The lowest BCUT2D eigenvalue weighted by molar-refractivity contribution is 0.669. The van der Waals surface area contributed by atoms with Crippen LogP contribution in [0.1, 0.15) is 18.2 Å². The number of hydrogen-bond acceptors (Lipinski definition) is 2. The molecule has 0 aliphatic heterocycles. The van der Waals surface area contributed by atoms with Crippen LogP contribution in [0.2, 0.25) is 0 Å². The molecular formula is C10H12N2O2. The van der Waals surface area contributed by atoms with Crippen LogP contribution in [0.3, 0.4) is 0 Å². The molecule has 1 aromatic heterocycles. The van der Waals surface area contributed by atoms with E-state index in [-0.39, 0.29) is 11.2 Å². The topological polar surface area (TPSA) is 44.0 Å². The molecule has 0 saturated heterocycles. The van der Waals surface area contributed by atoms with Gasteiger partial charge in [0.05, 0.1) is 5.69 Å². The largest absolute Gasteiger partial charge is 0.330 e. The van der Waals surface area contributed by atoms with E-state index in [1.807, 2.05) is 13.0 Å². The molecule has 4 heteroatoms. The predicted molar refractivity (Wildman–Crippen MR) is 54.3 cm³/mol. The maximum atomic E-state index is 11.7. The first-order valence-electron chi connectivity index (χ1n) is 4.50. The monoisotopic (exact) mass is 192 g/mol. The van der Waals surface area contributed by atoms with Gasteiger partial charge >= 0.3 is 5.69 Å². The summed E-state index contributed by atoms with van der Waals surface area (Å²) in [7, 11) is 3.21. The second-order valence-corrected chi connectivity index (χ2v) is 3.62. The normalized spacial score (nSPS) is 14.1. The fraction of sp³-hybridized carbons (Fsp3) is 0.400. The first kappa shape index (κ1) is 8.99. The number of rotatable bonds is 0.